The Labute approximate surface area is 168 Å². The number of hydrogen-bond acceptors (Lipinski definition) is 5. The maximum atomic E-state index is 12.5. The van der Waals surface area contributed by atoms with Crippen LogP contribution in [0.25, 0.3) is 17.1 Å². The summed E-state index contributed by atoms with van der Waals surface area (Å²) < 4.78 is 0. The lowest BCUT2D eigenvalue weighted by atomic mass is 10.1. The van der Waals surface area contributed by atoms with E-state index in [0.29, 0.717) is 11.7 Å². The molecule has 0 bridgehead atoms. The molecule has 7 nitrogen and oxygen atoms in total. The summed E-state index contributed by atoms with van der Waals surface area (Å²) in [7, 11) is 0. The average Bonchev–Trinajstić information content (AvgIpc) is 3.32. The zero-order valence-electron chi connectivity index (χ0n) is 16.2. The summed E-state index contributed by atoms with van der Waals surface area (Å²) in [5, 5.41) is 3.92. The summed E-state index contributed by atoms with van der Waals surface area (Å²) in [5.41, 5.74) is 4.46. The highest BCUT2D eigenvalue weighted by Crippen LogP contribution is 2.22. The maximum Gasteiger partial charge on any atom is 0.276 e. The van der Waals surface area contributed by atoms with Crippen molar-refractivity contribution in [2.45, 2.75) is 6.92 Å². The second kappa shape index (κ2) is 7.09. The number of nitrogens with one attached hydrogen (secondary N) is 2. The van der Waals surface area contributed by atoms with Crippen LogP contribution < -0.4 is 10.2 Å². The molecule has 0 unspecified atom stereocenters. The van der Waals surface area contributed by atoms with Crippen LogP contribution in [-0.4, -0.2) is 52.9 Å². The third-order valence-corrected chi connectivity index (χ3v) is 5.38. The van der Waals surface area contributed by atoms with Crippen LogP contribution >= 0.6 is 0 Å². The number of H-pyrrole nitrogens is 1. The number of fused-ring (bicyclic) bond motifs is 1. The molecule has 1 amide bonds. The van der Waals surface area contributed by atoms with Gasteiger partial charge in [0.1, 0.15) is 11.3 Å². The number of carbonyl (C=O) groups excluding carboxylic acids is 1. The van der Waals surface area contributed by atoms with Crippen LogP contribution in [0.5, 0.6) is 0 Å². The van der Waals surface area contributed by atoms with E-state index in [1.54, 1.807) is 0 Å². The molecule has 7 heteroatoms. The summed E-state index contributed by atoms with van der Waals surface area (Å²) in [6.45, 7) is 5.43. The van der Waals surface area contributed by atoms with Gasteiger partial charge >= 0.3 is 0 Å². The van der Waals surface area contributed by atoms with Crippen molar-refractivity contribution in [1.82, 2.24) is 20.2 Å². The zero-order chi connectivity index (χ0) is 19.8. The van der Waals surface area contributed by atoms with Crippen molar-refractivity contribution in [3.8, 4) is 0 Å². The number of aryl methyl sites for hydroxylation is 1. The fourth-order valence-corrected chi connectivity index (χ4v) is 3.82. The van der Waals surface area contributed by atoms with E-state index < -0.39 is 0 Å². The van der Waals surface area contributed by atoms with Crippen molar-refractivity contribution in [2.24, 2.45) is 4.99 Å². The summed E-state index contributed by atoms with van der Waals surface area (Å²) in [4.78, 5) is 29.1. The molecule has 0 spiro atoms. The molecule has 0 atom stereocenters. The molecule has 1 saturated heterocycles. The van der Waals surface area contributed by atoms with Gasteiger partial charge < -0.3 is 14.8 Å². The van der Waals surface area contributed by atoms with Gasteiger partial charge in [-0.15, -0.1) is 0 Å². The number of aromatic amines is 1. The van der Waals surface area contributed by atoms with Gasteiger partial charge in [-0.25, -0.2) is 9.98 Å². The highest BCUT2D eigenvalue weighted by Gasteiger charge is 2.27. The van der Waals surface area contributed by atoms with Crippen LogP contribution in [0.4, 0.5) is 5.69 Å². The third-order valence-electron chi connectivity index (χ3n) is 5.38. The number of aromatic nitrogens is 2. The average molecular weight is 386 g/mol. The maximum absolute atomic E-state index is 12.5. The molecule has 29 heavy (non-hydrogen) atoms. The minimum absolute atomic E-state index is 0.166. The summed E-state index contributed by atoms with van der Waals surface area (Å²) in [6, 6.07) is 12.5. The SMILES string of the molecule is Cc1cnc2[nH]cc(/C=C3\N=C(N4CCN(c5ccccc5)CC4)NC3=O)c2c1. The summed E-state index contributed by atoms with van der Waals surface area (Å²) in [6.07, 6.45) is 5.51. The first-order valence-corrected chi connectivity index (χ1v) is 9.78. The Bertz CT molecular complexity index is 1120. The predicted octanol–water partition coefficient (Wildman–Crippen LogP) is 2.52. The third kappa shape index (κ3) is 3.35. The Hall–Kier alpha value is -3.61. The molecule has 0 saturated carbocycles. The van der Waals surface area contributed by atoms with Crippen LogP contribution in [0.15, 0.2) is 59.5 Å². The first-order valence-electron chi connectivity index (χ1n) is 9.78. The van der Waals surface area contributed by atoms with E-state index in [0.717, 1.165) is 48.3 Å². The van der Waals surface area contributed by atoms with Gasteiger partial charge in [0.2, 0.25) is 5.96 Å². The van der Waals surface area contributed by atoms with Gasteiger partial charge in [-0.1, -0.05) is 18.2 Å². The molecule has 3 aromatic rings. The predicted molar refractivity (Wildman–Crippen MR) is 115 cm³/mol. The molecule has 0 radical (unpaired) electrons. The molecule has 4 heterocycles. The quantitative estimate of drug-likeness (QED) is 0.664. The Balaban J connectivity index is 1.34. The number of pyridine rings is 1. The number of para-hydroxylation sites is 1. The van der Waals surface area contributed by atoms with Gasteiger partial charge in [-0.2, -0.15) is 0 Å². The van der Waals surface area contributed by atoms with Gasteiger partial charge in [-0.05, 0) is 36.8 Å². The lowest BCUT2D eigenvalue weighted by Crippen LogP contribution is -2.52. The number of anilines is 1. The lowest BCUT2D eigenvalue weighted by molar-refractivity contribution is -0.115. The summed E-state index contributed by atoms with van der Waals surface area (Å²) in [5.74, 6) is 0.476. The van der Waals surface area contributed by atoms with Crippen molar-refractivity contribution in [2.75, 3.05) is 31.1 Å². The number of aliphatic imine (C=N–C) groups is 1. The Kier molecular flexibility index (Phi) is 4.27. The molecule has 1 aromatic carbocycles. The van der Waals surface area contributed by atoms with Gasteiger partial charge in [0, 0.05) is 55.2 Å². The minimum Gasteiger partial charge on any atom is -0.368 e. The fourth-order valence-electron chi connectivity index (χ4n) is 3.82. The first-order chi connectivity index (χ1) is 14.2. The van der Waals surface area contributed by atoms with Gasteiger partial charge in [0.25, 0.3) is 5.91 Å². The first kappa shape index (κ1) is 17.5. The topological polar surface area (TPSA) is 76.6 Å². The molecule has 146 valence electrons. The molecular formula is C22H22N6O. The standard InChI is InChI=1S/C22H22N6O/c1-15-11-18-16(14-24-20(18)23-13-15)12-19-21(29)26-22(25-19)28-9-7-27(8-10-28)17-5-3-2-4-6-17/h2-6,11-14H,7-10H2,1H3,(H,23,24)(H,25,26,29)/b19-12-. The van der Waals surface area contributed by atoms with E-state index in [-0.39, 0.29) is 5.91 Å². The number of carbonyl (C=O) groups is 1. The highest BCUT2D eigenvalue weighted by molar-refractivity contribution is 6.14. The lowest BCUT2D eigenvalue weighted by Gasteiger charge is -2.36. The molecule has 2 N–H and O–H groups in total. The van der Waals surface area contributed by atoms with Gasteiger partial charge in [-0.3, -0.25) is 10.1 Å². The van der Waals surface area contributed by atoms with Crippen molar-refractivity contribution in [3.63, 3.8) is 0 Å². The van der Waals surface area contributed by atoms with Crippen LogP contribution in [-0.2, 0) is 4.79 Å². The molecular weight excluding hydrogens is 364 g/mol. The minimum atomic E-state index is -0.166. The van der Waals surface area contributed by atoms with E-state index in [4.69, 9.17) is 0 Å². The number of hydrogen-bond donors (Lipinski definition) is 2. The molecule has 2 aliphatic heterocycles. The normalized spacial score (nSPS) is 18.4. The molecule has 2 aromatic heterocycles. The van der Waals surface area contributed by atoms with E-state index in [9.17, 15) is 4.79 Å². The van der Waals surface area contributed by atoms with Crippen LogP contribution in [0, 0.1) is 6.92 Å². The Morgan fingerprint density at radius 3 is 2.62 bits per heavy atom. The zero-order valence-corrected chi connectivity index (χ0v) is 16.2. The van der Waals surface area contributed by atoms with Gasteiger partial charge in [0.15, 0.2) is 0 Å². The smallest absolute Gasteiger partial charge is 0.276 e. The largest absolute Gasteiger partial charge is 0.368 e. The highest BCUT2D eigenvalue weighted by atomic mass is 16.2. The summed E-state index contributed by atoms with van der Waals surface area (Å²) >= 11 is 0. The van der Waals surface area contributed by atoms with E-state index in [2.05, 4.69) is 60.4 Å². The van der Waals surface area contributed by atoms with Crippen molar-refractivity contribution < 1.29 is 4.79 Å². The van der Waals surface area contributed by atoms with Crippen molar-refractivity contribution in [1.29, 1.82) is 0 Å². The van der Waals surface area contributed by atoms with E-state index in [1.807, 2.05) is 31.5 Å². The van der Waals surface area contributed by atoms with E-state index in [1.165, 1.54) is 5.69 Å². The monoisotopic (exact) mass is 386 g/mol. The van der Waals surface area contributed by atoms with Crippen LogP contribution in [0.2, 0.25) is 0 Å². The Morgan fingerprint density at radius 1 is 1.07 bits per heavy atom. The molecule has 5 rings (SSSR count). The number of guanidine groups is 1. The Morgan fingerprint density at radius 2 is 1.83 bits per heavy atom. The molecule has 1 fully saturated rings. The van der Waals surface area contributed by atoms with Crippen LogP contribution in [0.3, 0.4) is 0 Å². The van der Waals surface area contributed by atoms with Gasteiger partial charge in [0.05, 0.1) is 0 Å². The van der Waals surface area contributed by atoms with Crippen molar-refractivity contribution in [3.05, 3.63) is 65.6 Å². The molecule has 0 aliphatic carbocycles. The number of rotatable bonds is 2. The number of amides is 1. The van der Waals surface area contributed by atoms with Crippen LogP contribution in [0.1, 0.15) is 11.1 Å². The van der Waals surface area contributed by atoms with Crippen molar-refractivity contribution >= 4 is 34.7 Å². The fraction of sp³-hybridized carbons (Fsp3) is 0.227. The van der Waals surface area contributed by atoms with E-state index >= 15 is 0 Å². The second-order valence-corrected chi connectivity index (χ2v) is 7.38. The number of piperazine rings is 1. The second-order valence-electron chi connectivity index (χ2n) is 7.38. The molecule has 2 aliphatic rings. The number of nitrogens with zero attached hydrogens (tertiary/aromatic N) is 4. The number of benzene rings is 1.